The minimum absolute atomic E-state index is 0.0511. The van der Waals surface area contributed by atoms with E-state index in [4.69, 9.17) is 5.11 Å². The summed E-state index contributed by atoms with van der Waals surface area (Å²) in [6.45, 7) is 1.51. The summed E-state index contributed by atoms with van der Waals surface area (Å²) in [6.07, 6.45) is 6.75. The van der Waals surface area contributed by atoms with Gasteiger partial charge >= 0.3 is 0 Å². The third-order valence-corrected chi connectivity index (χ3v) is 3.69. The molecule has 2 rings (SSSR count). The number of benzene rings is 2. The van der Waals surface area contributed by atoms with Gasteiger partial charge in [-0.05, 0) is 47.9 Å². The Morgan fingerprint density at radius 2 is 1.58 bits per heavy atom. The number of rotatable bonds is 6. The largest absolute Gasteiger partial charge is 0.508 e. The SMILES string of the molecule is Cc1ccc(/C=C/C(O)=C/C(=O)/C=C/c2ccc(CO)c(O)c2)cc1O. The molecule has 0 heterocycles. The molecule has 0 atom stereocenters. The van der Waals surface area contributed by atoms with Gasteiger partial charge in [-0.2, -0.15) is 0 Å². The molecular weight excluding hydrogens is 332 g/mol. The predicted octanol–water partition coefficient (Wildman–Crippen LogP) is 3.64. The van der Waals surface area contributed by atoms with E-state index in [-0.39, 0.29) is 23.9 Å². The molecule has 0 aliphatic heterocycles. The van der Waals surface area contributed by atoms with Gasteiger partial charge < -0.3 is 20.4 Å². The number of phenols is 2. The van der Waals surface area contributed by atoms with Gasteiger partial charge in [-0.15, -0.1) is 0 Å². The van der Waals surface area contributed by atoms with E-state index in [1.54, 1.807) is 43.3 Å². The molecule has 0 aliphatic rings. The second kappa shape index (κ2) is 8.69. The highest BCUT2D eigenvalue weighted by molar-refractivity contribution is 6.02. The molecule has 5 nitrogen and oxygen atoms in total. The maximum atomic E-state index is 11.8. The third-order valence-electron chi connectivity index (χ3n) is 3.69. The van der Waals surface area contributed by atoms with E-state index >= 15 is 0 Å². The summed E-state index contributed by atoms with van der Waals surface area (Å²) in [4.78, 5) is 11.8. The van der Waals surface area contributed by atoms with Crippen molar-refractivity contribution in [2.45, 2.75) is 13.5 Å². The Bertz CT molecular complexity index is 891. The van der Waals surface area contributed by atoms with Gasteiger partial charge in [0.25, 0.3) is 0 Å². The maximum absolute atomic E-state index is 11.8. The molecule has 4 N–H and O–H groups in total. The lowest BCUT2D eigenvalue weighted by Gasteiger charge is -2.01. The summed E-state index contributed by atoms with van der Waals surface area (Å²) in [5.74, 6) is -0.544. The first kappa shape index (κ1) is 19.0. The maximum Gasteiger partial charge on any atom is 0.182 e. The highest BCUT2D eigenvalue weighted by Crippen LogP contribution is 2.20. The van der Waals surface area contributed by atoms with Crippen molar-refractivity contribution in [1.29, 1.82) is 0 Å². The average molecular weight is 352 g/mol. The molecule has 0 radical (unpaired) electrons. The van der Waals surface area contributed by atoms with Crippen molar-refractivity contribution in [2.24, 2.45) is 0 Å². The van der Waals surface area contributed by atoms with Crippen LogP contribution in [-0.2, 0) is 11.4 Å². The lowest BCUT2D eigenvalue weighted by Crippen LogP contribution is -1.89. The fraction of sp³-hybridized carbons (Fsp3) is 0.0952. The Kier molecular flexibility index (Phi) is 6.36. The summed E-state index contributed by atoms with van der Waals surface area (Å²) < 4.78 is 0. The molecule has 0 fully saturated rings. The molecular formula is C21H20O5. The standard InChI is InChI=1S/C21H20O5/c1-14-2-3-15(10-20(14)25)5-8-18(23)12-19(24)9-6-16-4-7-17(13-22)21(26)11-16/h2-12,22-23,25-26H,13H2,1H3/b8-5+,9-6+,18-12-. The van der Waals surface area contributed by atoms with Gasteiger partial charge in [0.1, 0.15) is 17.3 Å². The fourth-order valence-electron chi connectivity index (χ4n) is 2.15. The molecule has 0 amide bonds. The minimum atomic E-state index is -0.426. The third kappa shape index (κ3) is 5.36. The number of hydrogen-bond acceptors (Lipinski definition) is 5. The van der Waals surface area contributed by atoms with E-state index in [1.807, 2.05) is 0 Å². The quantitative estimate of drug-likeness (QED) is 0.361. The molecule has 0 spiro atoms. The zero-order chi connectivity index (χ0) is 19.1. The number of aliphatic hydroxyl groups excluding tert-OH is 2. The first-order valence-corrected chi connectivity index (χ1v) is 7.92. The van der Waals surface area contributed by atoms with E-state index in [1.165, 1.54) is 24.3 Å². The predicted molar refractivity (Wildman–Crippen MR) is 101 cm³/mol. The van der Waals surface area contributed by atoms with Crippen molar-refractivity contribution >= 4 is 17.9 Å². The molecule has 134 valence electrons. The Morgan fingerprint density at radius 3 is 2.19 bits per heavy atom. The minimum Gasteiger partial charge on any atom is -0.508 e. The number of allylic oxidation sites excluding steroid dienone is 3. The van der Waals surface area contributed by atoms with Crippen LogP contribution in [0.5, 0.6) is 11.5 Å². The van der Waals surface area contributed by atoms with Gasteiger partial charge in [0.2, 0.25) is 0 Å². The molecule has 5 heteroatoms. The van der Waals surface area contributed by atoms with Gasteiger partial charge in [-0.25, -0.2) is 0 Å². The van der Waals surface area contributed by atoms with Gasteiger partial charge in [-0.1, -0.05) is 36.4 Å². The van der Waals surface area contributed by atoms with E-state index in [2.05, 4.69) is 0 Å². The van der Waals surface area contributed by atoms with Crippen molar-refractivity contribution in [1.82, 2.24) is 0 Å². The zero-order valence-electron chi connectivity index (χ0n) is 14.3. The number of aliphatic hydroxyl groups is 2. The number of aryl methyl sites for hydroxylation is 1. The highest BCUT2D eigenvalue weighted by atomic mass is 16.3. The Balaban J connectivity index is 2.03. The van der Waals surface area contributed by atoms with Crippen molar-refractivity contribution in [3.05, 3.63) is 82.6 Å². The van der Waals surface area contributed by atoms with Crippen LogP contribution in [0.1, 0.15) is 22.3 Å². The van der Waals surface area contributed by atoms with E-state index in [0.717, 1.165) is 11.6 Å². The molecule has 26 heavy (non-hydrogen) atoms. The molecule has 2 aromatic carbocycles. The number of carbonyl (C=O) groups is 1. The van der Waals surface area contributed by atoms with Crippen LogP contribution in [0.2, 0.25) is 0 Å². The Hall–Kier alpha value is -3.31. The topological polar surface area (TPSA) is 98.0 Å². The van der Waals surface area contributed by atoms with E-state index in [9.17, 15) is 20.1 Å². The first-order chi connectivity index (χ1) is 12.4. The number of carbonyl (C=O) groups excluding carboxylic acids is 1. The number of ketones is 1. The lowest BCUT2D eigenvalue weighted by atomic mass is 10.1. The van der Waals surface area contributed by atoms with Gasteiger partial charge in [0, 0.05) is 11.6 Å². The van der Waals surface area contributed by atoms with Gasteiger partial charge in [-0.3, -0.25) is 4.79 Å². The van der Waals surface area contributed by atoms with Crippen molar-refractivity contribution in [2.75, 3.05) is 0 Å². The summed E-state index contributed by atoms with van der Waals surface area (Å²) >= 11 is 0. The molecule has 0 unspecified atom stereocenters. The smallest absolute Gasteiger partial charge is 0.182 e. The highest BCUT2D eigenvalue weighted by Gasteiger charge is 2.00. The van der Waals surface area contributed by atoms with Crippen LogP contribution in [0.3, 0.4) is 0 Å². The number of aromatic hydroxyl groups is 2. The molecule has 0 saturated heterocycles. The normalized spacial score (nSPS) is 12.2. The van der Waals surface area contributed by atoms with Crippen LogP contribution in [0.15, 0.2) is 60.4 Å². The van der Waals surface area contributed by atoms with Gasteiger partial charge in [0.15, 0.2) is 5.78 Å². The van der Waals surface area contributed by atoms with Gasteiger partial charge in [0.05, 0.1) is 6.61 Å². The monoisotopic (exact) mass is 352 g/mol. The van der Waals surface area contributed by atoms with Crippen molar-refractivity contribution in [3.63, 3.8) is 0 Å². The molecule has 2 aromatic rings. The molecule has 0 saturated carbocycles. The molecule has 0 bridgehead atoms. The average Bonchev–Trinajstić information content (AvgIpc) is 2.61. The van der Waals surface area contributed by atoms with Crippen LogP contribution in [0.4, 0.5) is 0 Å². The van der Waals surface area contributed by atoms with Crippen LogP contribution in [0.25, 0.3) is 12.2 Å². The Labute approximate surface area is 151 Å². The van der Waals surface area contributed by atoms with Crippen molar-refractivity contribution in [3.8, 4) is 11.5 Å². The van der Waals surface area contributed by atoms with E-state index < -0.39 is 5.78 Å². The van der Waals surface area contributed by atoms with E-state index in [0.29, 0.717) is 16.7 Å². The molecule has 0 aromatic heterocycles. The van der Waals surface area contributed by atoms with Crippen LogP contribution in [-0.4, -0.2) is 26.2 Å². The second-order valence-electron chi connectivity index (χ2n) is 5.73. The number of hydrogen-bond donors (Lipinski definition) is 4. The summed E-state index contributed by atoms with van der Waals surface area (Å²) in [7, 11) is 0. The summed E-state index contributed by atoms with van der Waals surface area (Å²) in [5.41, 5.74) is 2.43. The van der Waals surface area contributed by atoms with Crippen molar-refractivity contribution < 1.29 is 25.2 Å². The first-order valence-electron chi connectivity index (χ1n) is 7.92. The van der Waals surface area contributed by atoms with Crippen LogP contribution >= 0.6 is 0 Å². The van der Waals surface area contributed by atoms with Crippen LogP contribution < -0.4 is 0 Å². The van der Waals surface area contributed by atoms with Crippen LogP contribution in [0, 0.1) is 6.92 Å². The fourth-order valence-corrected chi connectivity index (χ4v) is 2.15. The number of phenolic OH excluding ortho intramolecular Hbond substituents is 1. The second-order valence-corrected chi connectivity index (χ2v) is 5.73. The molecule has 0 aliphatic carbocycles. The lowest BCUT2D eigenvalue weighted by molar-refractivity contribution is -0.110. The summed E-state index contributed by atoms with van der Waals surface area (Å²) in [5, 5.41) is 38.1. The summed E-state index contributed by atoms with van der Waals surface area (Å²) in [6, 6.07) is 9.74. The zero-order valence-corrected chi connectivity index (χ0v) is 14.3. The Morgan fingerprint density at radius 1 is 0.962 bits per heavy atom.